The highest BCUT2D eigenvalue weighted by atomic mass is 16.1. The molecule has 0 aliphatic heterocycles. The van der Waals surface area contributed by atoms with E-state index in [-0.39, 0.29) is 34.5 Å². The molecule has 0 spiro atoms. The second-order valence-corrected chi connectivity index (χ2v) is 10.7. The predicted molar refractivity (Wildman–Crippen MR) is 105 cm³/mol. The van der Waals surface area contributed by atoms with Gasteiger partial charge in [-0.25, -0.2) is 0 Å². The van der Waals surface area contributed by atoms with Crippen molar-refractivity contribution in [3.8, 4) is 0 Å². The van der Waals surface area contributed by atoms with Gasteiger partial charge >= 0.3 is 0 Å². The lowest BCUT2D eigenvalue weighted by Gasteiger charge is -2.58. The van der Waals surface area contributed by atoms with Gasteiger partial charge in [0.05, 0.1) is 0 Å². The van der Waals surface area contributed by atoms with Crippen LogP contribution in [0.3, 0.4) is 0 Å². The Balaban J connectivity index is 1.69. The van der Waals surface area contributed by atoms with Crippen molar-refractivity contribution in [2.24, 2.45) is 46.3 Å². The first-order valence-corrected chi connectivity index (χ1v) is 11.3. The van der Waals surface area contributed by atoms with Crippen LogP contribution >= 0.6 is 0 Å². The highest BCUT2D eigenvalue weighted by molar-refractivity contribution is 5.93. The van der Waals surface area contributed by atoms with Crippen LogP contribution < -0.4 is 0 Å². The van der Waals surface area contributed by atoms with Crippen LogP contribution in [0.25, 0.3) is 0 Å². The van der Waals surface area contributed by atoms with E-state index in [1.807, 2.05) is 0 Å². The average molecular weight is 373 g/mol. The second kappa shape index (κ2) is 6.52. The summed E-state index contributed by atoms with van der Waals surface area (Å²) < 4.78 is 0. The minimum atomic E-state index is -0.306. The lowest BCUT2D eigenvalue weighted by atomic mass is 9.44. The number of rotatable bonds is 3. The van der Waals surface area contributed by atoms with E-state index in [4.69, 9.17) is 0 Å². The van der Waals surface area contributed by atoms with Gasteiger partial charge < -0.3 is 0 Å². The van der Waals surface area contributed by atoms with Crippen LogP contribution in [0.1, 0.15) is 85.5 Å². The van der Waals surface area contributed by atoms with Crippen molar-refractivity contribution in [2.45, 2.75) is 85.5 Å². The van der Waals surface area contributed by atoms with Crippen molar-refractivity contribution >= 4 is 17.3 Å². The number of fused-ring (bicyclic) bond motifs is 5. The Morgan fingerprint density at radius 2 is 1.78 bits per heavy atom. The molecule has 0 bridgehead atoms. The summed E-state index contributed by atoms with van der Waals surface area (Å²) in [5, 5.41) is 0. The molecule has 27 heavy (non-hydrogen) atoms. The molecule has 4 aliphatic rings. The van der Waals surface area contributed by atoms with Gasteiger partial charge in [-0.2, -0.15) is 0 Å². The molecule has 0 heterocycles. The Hall–Kier alpha value is -0.990. The molecule has 150 valence electrons. The van der Waals surface area contributed by atoms with Crippen LogP contribution in [0, 0.1) is 46.3 Å². The zero-order chi connectivity index (χ0) is 19.6. The number of carbonyl (C=O) groups excluding carboxylic acids is 3. The Kier molecular flexibility index (Phi) is 4.67. The molecule has 3 nitrogen and oxygen atoms in total. The number of hydrogen-bond donors (Lipinski definition) is 0. The van der Waals surface area contributed by atoms with Gasteiger partial charge in [0.25, 0.3) is 0 Å². The fraction of sp³-hybridized carbons (Fsp3) is 0.875. The highest BCUT2D eigenvalue weighted by Crippen LogP contribution is 2.66. The summed E-state index contributed by atoms with van der Waals surface area (Å²) in [6, 6.07) is 0. The second-order valence-electron chi connectivity index (χ2n) is 10.7. The molecule has 8 atom stereocenters. The lowest BCUT2D eigenvalue weighted by Crippen LogP contribution is -2.60. The highest BCUT2D eigenvalue weighted by Gasteiger charge is 2.66. The summed E-state index contributed by atoms with van der Waals surface area (Å²) in [7, 11) is 0. The summed E-state index contributed by atoms with van der Waals surface area (Å²) in [4.78, 5) is 38.9. The van der Waals surface area contributed by atoms with E-state index in [0.717, 1.165) is 25.7 Å². The fourth-order valence-corrected chi connectivity index (χ4v) is 8.05. The number of Topliss-reactive ketones (excluding diaryl/α,β-unsaturated/α-hetero) is 3. The third kappa shape index (κ3) is 2.63. The maximum absolute atomic E-state index is 13.6. The van der Waals surface area contributed by atoms with Gasteiger partial charge in [0.15, 0.2) is 0 Å². The summed E-state index contributed by atoms with van der Waals surface area (Å²) in [5.41, 5.74) is -0.310. The van der Waals surface area contributed by atoms with Crippen molar-refractivity contribution in [1.29, 1.82) is 0 Å². The van der Waals surface area contributed by atoms with Crippen LogP contribution in [0.2, 0.25) is 0 Å². The Morgan fingerprint density at radius 1 is 1.04 bits per heavy atom. The maximum atomic E-state index is 13.6. The zero-order valence-corrected chi connectivity index (χ0v) is 17.6. The molecular formula is C24H36O3. The first-order chi connectivity index (χ1) is 12.7. The van der Waals surface area contributed by atoms with Gasteiger partial charge in [0.2, 0.25) is 0 Å². The first-order valence-electron chi connectivity index (χ1n) is 11.3. The molecule has 0 aromatic carbocycles. The third-order valence-electron chi connectivity index (χ3n) is 9.65. The minimum Gasteiger partial charge on any atom is -0.300 e. The van der Waals surface area contributed by atoms with Gasteiger partial charge in [0, 0.05) is 37.0 Å². The van der Waals surface area contributed by atoms with Crippen LogP contribution in [-0.4, -0.2) is 17.3 Å². The average Bonchev–Trinajstić information content (AvgIpc) is 2.96. The van der Waals surface area contributed by atoms with Gasteiger partial charge in [-0.1, -0.05) is 40.5 Å². The molecule has 0 aromatic heterocycles. The van der Waals surface area contributed by atoms with Crippen LogP contribution in [0.4, 0.5) is 0 Å². The number of carbonyl (C=O) groups is 3. The summed E-state index contributed by atoms with van der Waals surface area (Å²) in [6.45, 7) is 9.02. The summed E-state index contributed by atoms with van der Waals surface area (Å²) >= 11 is 0. The topological polar surface area (TPSA) is 51.2 Å². The van der Waals surface area contributed by atoms with Crippen LogP contribution in [0.15, 0.2) is 0 Å². The summed E-state index contributed by atoms with van der Waals surface area (Å²) in [6.07, 6.45) is 7.66. The molecule has 4 rings (SSSR count). The first kappa shape index (κ1) is 19.3. The van der Waals surface area contributed by atoms with Crippen molar-refractivity contribution < 1.29 is 14.4 Å². The normalized spacial score (nSPS) is 48.0. The summed E-state index contributed by atoms with van der Waals surface area (Å²) in [5.74, 6) is 2.71. The van der Waals surface area contributed by atoms with Crippen molar-refractivity contribution in [3.63, 3.8) is 0 Å². The Morgan fingerprint density at radius 3 is 2.48 bits per heavy atom. The molecule has 0 amide bonds. The van der Waals surface area contributed by atoms with Crippen molar-refractivity contribution in [2.75, 3.05) is 0 Å². The fourth-order valence-electron chi connectivity index (χ4n) is 8.05. The van der Waals surface area contributed by atoms with E-state index in [1.54, 1.807) is 0 Å². The third-order valence-corrected chi connectivity index (χ3v) is 9.65. The van der Waals surface area contributed by atoms with E-state index < -0.39 is 0 Å². The Labute approximate surface area is 164 Å². The smallest absolute Gasteiger partial charge is 0.139 e. The quantitative estimate of drug-likeness (QED) is 0.700. The van der Waals surface area contributed by atoms with E-state index in [1.165, 1.54) is 6.42 Å². The van der Waals surface area contributed by atoms with Gasteiger partial charge in [-0.3, -0.25) is 14.4 Å². The lowest BCUT2D eigenvalue weighted by molar-refractivity contribution is -0.166. The van der Waals surface area contributed by atoms with Crippen molar-refractivity contribution in [1.82, 2.24) is 0 Å². The monoisotopic (exact) mass is 372 g/mol. The number of hydrogen-bond acceptors (Lipinski definition) is 3. The van der Waals surface area contributed by atoms with E-state index in [2.05, 4.69) is 27.7 Å². The molecule has 4 fully saturated rings. The van der Waals surface area contributed by atoms with Crippen molar-refractivity contribution in [3.05, 3.63) is 0 Å². The van der Waals surface area contributed by atoms with E-state index in [9.17, 15) is 14.4 Å². The molecule has 4 saturated carbocycles. The molecule has 0 N–H and O–H groups in total. The molecule has 8 unspecified atom stereocenters. The zero-order valence-electron chi connectivity index (χ0n) is 17.6. The van der Waals surface area contributed by atoms with Gasteiger partial charge in [-0.05, 0) is 54.3 Å². The van der Waals surface area contributed by atoms with Crippen LogP contribution in [-0.2, 0) is 14.4 Å². The Bertz CT molecular complexity index is 667. The van der Waals surface area contributed by atoms with Crippen LogP contribution in [0.5, 0.6) is 0 Å². The van der Waals surface area contributed by atoms with Gasteiger partial charge in [0.1, 0.15) is 17.3 Å². The predicted octanol–water partition coefficient (Wildman–Crippen LogP) is 5.01. The molecular weight excluding hydrogens is 336 g/mol. The molecule has 0 aromatic rings. The largest absolute Gasteiger partial charge is 0.300 e. The molecule has 3 heteroatoms. The van der Waals surface area contributed by atoms with Gasteiger partial charge in [-0.15, -0.1) is 0 Å². The number of ketones is 3. The SMILES string of the molecule is CCCC(C)C1CCC2C3C(=O)CC4CC(=O)CCC4(C)C3CC(=O)C12C. The molecule has 4 aliphatic carbocycles. The molecule has 0 saturated heterocycles. The minimum absolute atomic E-state index is 0.00338. The maximum Gasteiger partial charge on any atom is 0.139 e. The molecule has 0 radical (unpaired) electrons. The van der Waals surface area contributed by atoms with E-state index in [0.29, 0.717) is 54.9 Å². The standard InChI is InChI=1S/C24H36O3/c1-5-6-14(2)17-7-8-18-22-19(13-21(27)24(17,18)4)23(3)10-9-16(25)11-15(23)12-20(22)26/h14-15,17-19,22H,5-13H2,1-4H3. The van der Waals surface area contributed by atoms with E-state index >= 15 is 0 Å².